The molecule has 0 aliphatic heterocycles. The molecule has 0 spiro atoms. The molecule has 238 valence electrons. The van der Waals surface area contributed by atoms with Crippen molar-refractivity contribution in [1.82, 2.24) is 9.78 Å². The molecule has 0 saturated carbocycles. The molecule has 0 radical (unpaired) electrons. The Morgan fingerprint density at radius 1 is 0.804 bits per heavy atom. The van der Waals surface area contributed by atoms with Crippen LogP contribution < -0.4 is 18.9 Å². The molecule has 0 saturated heterocycles. The molecule has 5 rings (SSSR count). The number of hydrogen-bond acceptors (Lipinski definition) is 6. The largest absolute Gasteiger partial charge is 0.493 e. The molecule has 0 bridgehead atoms. The van der Waals surface area contributed by atoms with Crippen LogP contribution in [-0.2, 0) is 26.5 Å². The summed E-state index contributed by atoms with van der Waals surface area (Å²) in [7, 11) is 1.90. The normalized spacial score (nSPS) is 10.8. The fourth-order valence-electron chi connectivity index (χ4n) is 5.20. The molecular weight excluding hydrogens is 580 g/mol. The molecule has 1 N–H and O–H groups in total. The lowest BCUT2D eigenvalue weighted by atomic mass is 10.0. The molecule has 1 aromatic heterocycles. The van der Waals surface area contributed by atoms with Gasteiger partial charge >= 0.3 is 5.97 Å². The van der Waals surface area contributed by atoms with Gasteiger partial charge in [-0.3, -0.25) is 4.68 Å². The van der Waals surface area contributed by atoms with Crippen molar-refractivity contribution in [2.24, 2.45) is 7.05 Å². The van der Waals surface area contributed by atoms with E-state index in [9.17, 15) is 9.90 Å². The van der Waals surface area contributed by atoms with Gasteiger partial charge in [0.1, 0.15) is 40.9 Å². The van der Waals surface area contributed by atoms with Crippen molar-refractivity contribution in [1.29, 1.82) is 0 Å². The lowest BCUT2D eigenvalue weighted by Crippen LogP contribution is -2.08. The first-order valence-electron chi connectivity index (χ1n) is 15.7. The van der Waals surface area contributed by atoms with Crippen LogP contribution in [0.3, 0.4) is 0 Å². The number of carbonyl (C=O) groups is 1. The second-order valence-electron chi connectivity index (χ2n) is 10.9. The summed E-state index contributed by atoms with van der Waals surface area (Å²) in [6, 6.07) is 26.5. The molecule has 5 aromatic rings. The molecular formula is C38H40N2O6. The van der Waals surface area contributed by atoms with Gasteiger partial charge in [-0.2, -0.15) is 5.10 Å². The molecule has 0 unspecified atom stereocenters. The first kappa shape index (κ1) is 32.2. The lowest BCUT2D eigenvalue weighted by molar-refractivity contribution is 0.0694. The van der Waals surface area contributed by atoms with Crippen LogP contribution in [-0.4, -0.2) is 34.1 Å². The Hall–Kier alpha value is -5.24. The summed E-state index contributed by atoms with van der Waals surface area (Å²) < 4.78 is 26.8. The predicted molar refractivity (Wildman–Crippen MR) is 178 cm³/mol. The van der Waals surface area contributed by atoms with Gasteiger partial charge in [0.25, 0.3) is 0 Å². The smallest absolute Gasteiger partial charge is 0.339 e. The van der Waals surface area contributed by atoms with E-state index < -0.39 is 5.97 Å². The first-order valence-corrected chi connectivity index (χ1v) is 15.7. The number of aromatic carboxylic acids is 1. The number of para-hydroxylation sites is 1. The number of aryl methyl sites for hydroxylation is 2. The third-order valence-electron chi connectivity index (χ3n) is 7.53. The number of hydrogen-bond donors (Lipinski definition) is 1. The van der Waals surface area contributed by atoms with Gasteiger partial charge in [-0.1, -0.05) is 68.8 Å². The monoisotopic (exact) mass is 620 g/mol. The molecule has 0 amide bonds. The van der Waals surface area contributed by atoms with Gasteiger partial charge in [-0.25, -0.2) is 4.79 Å². The molecule has 0 atom stereocenters. The minimum absolute atomic E-state index is 0.113. The summed E-state index contributed by atoms with van der Waals surface area (Å²) in [5.41, 5.74) is 5.16. The van der Waals surface area contributed by atoms with Crippen molar-refractivity contribution in [2.75, 3.05) is 13.2 Å². The quantitative estimate of drug-likeness (QED) is 0.111. The fourth-order valence-corrected chi connectivity index (χ4v) is 5.20. The second-order valence-corrected chi connectivity index (χ2v) is 10.9. The zero-order valence-corrected chi connectivity index (χ0v) is 26.6. The van der Waals surface area contributed by atoms with E-state index in [2.05, 4.69) is 25.0 Å². The maximum atomic E-state index is 11.7. The van der Waals surface area contributed by atoms with Gasteiger partial charge in [-0.05, 0) is 54.3 Å². The van der Waals surface area contributed by atoms with Gasteiger partial charge < -0.3 is 24.1 Å². The number of ether oxygens (including phenoxy) is 4. The van der Waals surface area contributed by atoms with Gasteiger partial charge in [0.15, 0.2) is 0 Å². The minimum atomic E-state index is -1.03. The standard InChI is InChI=1S/C38H40N2O6/c1-4-13-30-33(18-11-19-34(30)46-35-17-10-9-16-31(35)38(41)42)43-20-12-21-44-36-23-37(45-26-27-14-7-6-8-15-27)32(22-28(36)5-2)29-24-39-40(3)25-29/h6-11,14-19,22-25H,4-5,12-13,20-21,26H2,1-3H3,(H,41,42). The number of carboxylic acid groups (broad SMARTS) is 1. The SMILES string of the molecule is CCCc1c(OCCCOc2cc(OCc3ccccc3)c(-c3cnn(C)c3)cc2CC)cccc1Oc1ccccc1C(=O)O. The molecule has 1 heterocycles. The summed E-state index contributed by atoms with van der Waals surface area (Å²) >= 11 is 0. The molecule has 0 fully saturated rings. The van der Waals surface area contributed by atoms with Crippen LogP contribution in [0.2, 0.25) is 0 Å². The number of aromatic nitrogens is 2. The molecule has 46 heavy (non-hydrogen) atoms. The van der Waals surface area contributed by atoms with Crippen molar-refractivity contribution >= 4 is 5.97 Å². The average Bonchev–Trinajstić information content (AvgIpc) is 3.51. The van der Waals surface area contributed by atoms with E-state index in [1.807, 2.05) is 74.0 Å². The van der Waals surface area contributed by atoms with Crippen molar-refractivity contribution in [3.05, 3.63) is 120 Å². The maximum Gasteiger partial charge on any atom is 0.339 e. The van der Waals surface area contributed by atoms with Gasteiger partial charge in [0.05, 0.1) is 19.4 Å². The molecule has 8 heteroatoms. The van der Waals surface area contributed by atoms with Crippen LogP contribution in [0, 0.1) is 0 Å². The van der Waals surface area contributed by atoms with E-state index in [0.29, 0.717) is 37.7 Å². The van der Waals surface area contributed by atoms with Crippen LogP contribution in [0.5, 0.6) is 28.7 Å². The zero-order chi connectivity index (χ0) is 32.3. The molecule has 8 nitrogen and oxygen atoms in total. The molecule has 0 aliphatic carbocycles. The highest BCUT2D eigenvalue weighted by Crippen LogP contribution is 2.38. The number of nitrogens with zero attached hydrogens (tertiary/aromatic N) is 2. The minimum Gasteiger partial charge on any atom is -0.493 e. The van der Waals surface area contributed by atoms with E-state index >= 15 is 0 Å². The summed E-state index contributed by atoms with van der Waals surface area (Å²) in [5, 5.41) is 13.9. The Balaban J connectivity index is 1.26. The number of benzene rings is 4. The van der Waals surface area contributed by atoms with E-state index in [-0.39, 0.29) is 5.56 Å². The second kappa shape index (κ2) is 15.7. The highest BCUT2D eigenvalue weighted by atomic mass is 16.5. The summed E-state index contributed by atoms with van der Waals surface area (Å²) in [6.07, 6.45) is 6.90. The van der Waals surface area contributed by atoms with E-state index in [1.54, 1.807) is 22.9 Å². The Labute approximate surface area is 270 Å². The number of rotatable bonds is 16. The predicted octanol–water partition coefficient (Wildman–Crippen LogP) is 8.52. The maximum absolute atomic E-state index is 11.7. The van der Waals surface area contributed by atoms with Crippen molar-refractivity contribution in [3.8, 4) is 39.9 Å². The summed E-state index contributed by atoms with van der Waals surface area (Å²) in [6.45, 7) is 5.54. The van der Waals surface area contributed by atoms with Crippen molar-refractivity contribution < 1.29 is 28.8 Å². The van der Waals surface area contributed by atoms with E-state index in [4.69, 9.17) is 18.9 Å². The van der Waals surface area contributed by atoms with Crippen LogP contribution in [0.1, 0.15) is 53.7 Å². The van der Waals surface area contributed by atoms with Crippen LogP contribution in [0.25, 0.3) is 11.1 Å². The fraction of sp³-hybridized carbons (Fsp3) is 0.263. The lowest BCUT2D eigenvalue weighted by Gasteiger charge is -2.18. The number of carboxylic acids is 1. The molecule has 4 aromatic carbocycles. The van der Waals surface area contributed by atoms with E-state index in [0.717, 1.165) is 64.3 Å². The Bertz CT molecular complexity index is 1750. The van der Waals surface area contributed by atoms with Gasteiger partial charge in [0.2, 0.25) is 0 Å². The average molecular weight is 621 g/mol. The summed E-state index contributed by atoms with van der Waals surface area (Å²) in [4.78, 5) is 11.7. The van der Waals surface area contributed by atoms with Crippen LogP contribution in [0.4, 0.5) is 0 Å². The van der Waals surface area contributed by atoms with Gasteiger partial charge in [-0.15, -0.1) is 0 Å². The van der Waals surface area contributed by atoms with Crippen molar-refractivity contribution in [2.45, 2.75) is 46.1 Å². The topological polar surface area (TPSA) is 92.0 Å². The highest BCUT2D eigenvalue weighted by molar-refractivity contribution is 5.91. The Morgan fingerprint density at radius 3 is 2.24 bits per heavy atom. The molecule has 0 aliphatic rings. The summed E-state index contributed by atoms with van der Waals surface area (Å²) in [5.74, 6) is 2.11. The van der Waals surface area contributed by atoms with Crippen LogP contribution in [0.15, 0.2) is 97.3 Å². The van der Waals surface area contributed by atoms with E-state index in [1.165, 1.54) is 6.07 Å². The first-order chi connectivity index (χ1) is 22.5. The van der Waals surface area contributed by atoms with Crippen LogP contribution >= 0.6 is 0 Å². The third kappa shape index (κ3) is 8.07. The zero-order valence-electron chi connectivity index (χ0n) is 26.6. The Kier molecular flexibility index (Phi) is 10.9. The highest BCUT2D eigenvalue weighted by Gasteiger charge is 2.17. The Morgan fingerprint density at radius 2 is 1.52 bits per heavy atom. The van der Waals surface area contributed by atoms with Crippen molar-refractivity contribution in [3.63, 3.8) is 0 Å². The third-order valence-corrected chi connectivity index (χ3v) is 7.53. The van der Waals surface area contributed by atoms with Gasteiger partial charge in [0, 0.05) is 42.4 Å².